The maximum atomic E-state index is 13.7. The highest BCUT2D eigenvalue weighted by Gasteiger charge is 2.34. The van der Waals surface area contributed by atoms with Crippen molar-refractivity contribution in [2.45, 2.75) is 94.4 Å². The Morgan fingerprint density at radius 1 is 1.09 bits per heavy atom. The molecule has 5 N–H and O–H groups in total. The molecule has 13 heteroatoms. The molecule has 0 spiro atoms. The standard InChI is InChI=1S/C31H50N4O7S2/c1-3-19-43-31(30(39)32-26(28(37)22-25(36)4-2)20-23-11-7-5-8-12-23)33-29(38)27(21-24-13-9-6-10-14-24)34-44(40,41)35-15-17-42-18-16-35/h3,6,9-10,13-14,23,25-28,31,34,36-37H,1,4-5,7-8,11-12,15-22H2,2H3,(H,32,39)(H,33,38)/t25-,26-,27-,28-,31-/m0/s1. The van der Waals surface area contributed by atoms with Crippen molar-refractivity contribution < 1.29 is 33.0 Å². The zero-order chi connectivity index (χ0) is 32.0. The summed E-state index contributed by atoms with van der Waals surface area (Å²) in [6.45, 7) is 6.44. The van der Waals surface area contributed by atoms with Crippen LogP contribution in [0.4, 0.5) is 0 Å². The Morgan fingerprint density at radius 2 is 1.77 bits per heavy atom. The molecule has 1 saturated carbocycles. The van der Waals surface area contributed by atoms with Gasteiger partial charge in [0.05, 0.1) is 31.5 Å². The average Bonchev–Trinajstić information content (AvgIpc) is 3.03. The van der Waals surface area contributed by atoms with Crippen LogP contribution in [0.15, 0.2) is 43.0 Å². The van der Waals surface area contributed by atoms with Crippen molar-refractivity contribution in [3.8, 4) is 0 Å². The van der Waals surface area contributed by atoms with Gasteiger partial charge in [-0.05, 0) is 30.7 Å². The molecule has 5 atom stereocenters. The normalized spacial score (nSPS) is 20.2. The predicted octanol–water partition coefficient (Wildman–Crippen LogP) is 2.10. The minimum Gasteiger partial charge on any atom is -0.393 e. The average molecular weight is 655 g/mol. The number of thioether (sulfide) groups is 1. The van der Waals surface area contributed by atoms with Crippen molar-refractivity contribution in [3.63, 3.8) is 0 Å². The van der Waals surface area contributed by atoms with Gasteiger partial charge in [-0.3, -0.25) is 9.59 Å². The van der Waals surface area contributed by atoms with Gasteiger partial charge in [0, 0.05) is 25.3 Å². The van der Waals surface area contributed by atoms with Crippen LogP contribution in [0.2, 0.25) is 0 Å². The van der Waals surface area contributed by atoms with E-state index in [0.29, 0.717) is 24.5 Å². The lowest BCUT2D eigenvalue weighted by Gasteiger charge is -2.32. The van der Waals surface area contributed by atoms with Crippen molar-refractivity contribution in [2.24, 2.45) is 5.92 Å². The van der Waals surface area contributed by atoms with Crippen molar-refractivity contribution >= 4 is 33.8 Å². The molecular formula is C31H50N4O7S2. The van der Waals surface area contributed by atoms with Crippen LogP contribution in [0.25, 0.3) is 0 Å². The van der Waals surface area contributed by atoms with Gasteiger partial charge in [-0.25, -0.2) is 0 Å². The third-order valence-corrected chi connectivity index (χ3v) is 10.9. The molecule has 1 saturated heterocycles. The summed E-state index contributed by atoms with van der Waals surface area (Å²) < 4.78 is 35.6. The number of morpholine rings is 1. The smallest absolute Gasteiger partial charge is 0.280 e. The minimum absolute atomic E-state index is 0.0780. The molecule has 2 aliphatic rings. The first kappa shape index (κ1) is 36.5. The lowest BCUT2D eigenvalue weighted by molar-refractivity contribution is -0.128. The van der Waals surface area contributed by atoms with Gasteiger partial charge in [0.25, 0.3) is 16.1 Å². The van der Waals surface area contributed by atoms with Crippen LogP contribution < -0.4 is 15.4 Å². The Labute approximate surface area is 266 Å². The molecule has 0 radical (unpaired) electrons. The van der Waals surface area contributed by atoms with Gasteiger partial charge in [0.2, 0.25) is 5.91 Å². The molecule has 1 aromatic rings. The largest absolute Gasteiger partial charge is 0.393 e. The maximum absolute atomic E-state index is 13.7. The highest BCUT2D eigenvalue weighted by atomic mass is 32.2. The van der Waals surface area contributed by atoms with Crippen LogP contribution in [-0.2, 0) is 31.0 Å². The Morgan fingerprint density at radius 3 is 2.41 bits per heavy atom. The number of hydrogen-bond donors (Lipinski definition) is 5. The van der Waals surface area contributed by atoms with Crippen LogP contribution in [0.5, 0.6) is 0 Å². The predicted molar refractivity (Wildman–Crippen MR) is 173 cm³/mol. The van der Waals surface area contributed by atoms with E-state index in [9.17, 15) is 28.2 Å². The summed E-state index contributed by atoms with van der Waals surface area (Å²) in [5.74, 6) is -0.439. The van der Waals surface area contributed by atoms with Crippen molar-refractivity contribution in [2.75, 3.05) is 32.1 Å². The third kappa shape index (κ3) is 12.1. The molecule has 1 aromatic carbocycles. The third-order valence-electron chi connectivity index (χ3n) is 8.18. The molecular weight excluding hydrogens is 604 g/mol. The second-order valence-corrected chi connectivity index (χ2v) is 14.4. The van der Waals surface area contributed by atoms with E-state index in [1.54, 1.807) is 6.08 Å². The number of benzene rings is 1. The number of amides is 2. The zero-order valence-corrected chi connectivity index (χ0v) is 27.4. The Balaban J connectivity index is 1.78. The Bertz CT molecular complexity index is 1130. The first-order valence-electron chi connectivity index (χ1n) is 15.7. The van der Waals surface area contributed by atoms with E-state index in [1.807, 2.05) is 37.3 Å². The second-order valence-electron chi connectivity index (χ2n) is 11.6. The number of carbonyl (C=O) groups is 2. The summed E-state index contributed by atoms with van der Waals surface area (Å²) in [5.41, 5.74) is 0.752. The first-order valence-corrected chi connectivity index (χ1v) is 18.2. The lowest BCUT2D eigenvalue weighted by Crippen LogP contribution is -2.58. The van der Waals surface area contributed by atoms with E-state index in [0.717, 1.165) is 43.0 Å². The molecule has 0 unspecified atom stereocenters. The highest BCUT2D eigenvalue weighted by Crippen LogP contribution is 2.29. The van der Waals surface area contributed by atoms with Crippen LogP contribution >= 0.6 is 11.8 Å². The van der Waals surface area contributed by atoms with Crippen LogP contribution in [0.3, 0.4) is 0 Å². The number of nitrogens with one attached hydrogen (secondary N) is 3. The van der Waals surface area contributed by atoms with E-state index in [-0.39, 0.29) is 39.1 Å². The summed E-state index contributed by atoms with van der Waals surface area (Å²) in [6, 6.07) is 7.28. The quantitative estimate of drug-likeness (QED) is 0.119. The van der Waals surface area contributed by atoms with Gasteiger partial charge in [-0.1, -0.05) is 75.4 Å². The monoisotopic (exact) mass is 654 g/mol. The lowest BCUT2D eigenvalue weighted by atomic mass is 9.83. The maximum Gasteiger partial charge on any atom is 0.280 e. The van der Waals surface area contributed by atoms with Crippen molar-refractivity contribution in [1.82, 2.24) is 19.7 Å². The summed E-state index contributed by atoms with van der Waals surface area (Å²) in [5, 5.41) is 25.9. The molecule has 2 amide bonds. The zero-order valence-electron chi connectivity index (χ0n) is 25.7. The van der Waals surface area contributed by atoms with Gasteiger partial charge < -0.3 is 25.6 Å². The van der Waals surface area contributed by atoms with Gasteiger partial charge in [-0.15, -0.1) is 18.3 Å². The van der Waals surface area contributed by atoms with E-state index < -0.39 is 51.7 Å². The highest BCUT2D eigenvalue weighted by molar-refractivity contribution is 8.00. The molecule has 0 bridgehead atoms. The van der Waals surface area contributed by atoms with E-state index in [4.69, 9.17) is 4.74 Å². The fourth-order valence-corrected chi connectivity index (χ4v) is 7.69. The molecule has 2 fully saturated rings. The van der Waals surface area contributed by atoms with E-state index in [2.05, 4.69) is 21.9 Å². The van der Waals surface area contributed by atoms with Crippen LogP contribution in [-0.4, -0.2) is 96.5 Å². The number of aliphatic hydroxyl groups is 2. The van der Waals surface area contributed by atoms with E-state index >= 15 is 0 Å². The molecule has 1 aliphatic carbocycles. The number of hydrogen-bond acceptors (Lipinski definition) is 8. The summed E-state index contributed by atoms with van der Waals surface area (Å²) in [4.78, 5) is 27.4. The fraction of sp³-hybridized carbons (Fsp3) is 0.677. The second kappa shape index (κ2) is 18.8. The first-order chi connectivity index (χ1) is 21.1. The van der Waals surface area contributed by atoms with Gasteiger partial charge >= 0.3 is 0 Å². The number of ether oxygens (including phenoxy) is 1. The van der Waals surface area contributed by atoms with Crippen LogP contribution in [0, 0.1) is 5.92 Å². The van der Waals surface area contributed by atoms with Gasteiger partial charge in [-0.2, -0.15) is 17.4 Å². The Hall–Kier alpha value is -2.00. The Kier molecular flexibility index (Phi) is 15.6. The molecule has 1 aliphatic heterocycles. The number of nitrogens with zero attached hydrogens (tertiary/aromatic N) is 1. The van der Waals surface area contributed by atoms with Crippen LogP contribution in [0.1, 0.15) is 63.9 Å². The molecule has 0 aromatic heterocycles. The molecule has 44 heavy (non-hydrogen) atoms. The summed E-state index contributed by atoms with van der Waals surface area (Å²) in [6.07, 6.45) is 6.67. The number of rotatable bonds is 18. The SMILES string of the molecule is C=CCS[C@H](NC(=O)[C@H](Cc1ccccc1)NS(=O)(=O)N1CCOCC1)C(=O)N[C@@H](CC1CCCCC1)[C@@H](O)C[C@@H](O)CC. The fourth-order valence-electron chi connectivity index (χ4n) is 5.62. The van der Waals surface area contributed by atoms with Gasteiger partial charge in [0.15, 0.2) is 5.37 Å². The van der Waals surface area contributed by atoms with Crippen molar-refractivity contribution in [3.05, 3.63) is 48.6 Å². The number of aliphatic hydroxyl groups excluding tert-OH is 2. The van der Waals surface area contributed by atoms with Crippen molar-refractivity contribution in [1.29, 1.82) is 0 Å². The number of carbonyl (C=O) groups excluding carboxylic acids is 2. The molecule has 1 heterocycles. The van der Waals surface area contributed by atoms with E-state index in [1.165, 1.54) is 10.7 Å². The summed E-state index contributed by atoms with van der Waals surface area (Å²) >= 11 is 1.15. The topological polar surface area (TPSA) is 157 Å². The molecule has 3 rings (SSSR count). The minimum atomic E-state index is -4.02. The molecule has 248 valence electrons. The van der Waals surface area contributed by atoms with Gasteiger partial charge in [0.1, 0.15) is 6.04 Å². The summed E-state index contributed by atoms with van der Waals surface area (Å²) in [7, 11) is -4.02. The molecule has 11 nitrogen and oxygen atoms in total.